The van der Waals surface area contributed by atoms with Gasteiger partial charge in [0.15, 0.2) is 0 Å². The van der Waals surface area contributed by atoms with Crippen molar-refractivity contribution in [3.63, 3.8) is 0 Å². The van der Waals surface area contributed by atoms with Crippen molar-refractivity contribution in [2.24, 2.45) is 23.7 Å². The Balaban J connectivity index is 1.26. The van der Waals surface area contributed by atoms with Crippen molar-refractivity contribution in [2.75, 3.05) is 25.5 Å². The Bertz CT molecular complexity index is 1380. The summed E-state index contributed by atoms with van der Waals surface area (Å²) in [5.74, 6) is -1.39. The number of nitrogens with zero attached hydrogens (tertiary/aromatic N) is 2. The third kappa shape index (κ3) is 5.61. The molecule has 2 aromatic rings. The molecule has 2 saturated heterocycles. The van der Waals surface area contributed by atoms with Gasteiger partial charge in [-0.2, -0.15) is 0 Å². The lowest BCUT2D eigenvalue weighted by molar-refractivity contribution is -0.141. The summed E-state index contributed by atoms with van der Waals surface area (Å²) in [5.41, 5.74) is 0.580. The highest BCUT2D eigenvalue weighted by atomic mass is 35.5. The van der Waals surface area contributed by atoms with E-state index in [1.54, 1.807) is 29.2 Å². The molecule has 1 saturated carbocycles. The Morgan fingerprint density at radius 3 is 2.56 bits per heavy atom. The molecule has 4 aliphatic rings. The maximum absolute atomic E-state index is 14.3. The standard InChI is InChI=1S/C34H41ClN4O4/c1-21-8-7-11-26(22(21)2)37-32(41)30-34-17-16-27(43-34)28(31(40)36-25-14-12-24(35)13-15-25)29(34)33(42)39(30)19-18-38(3)20-23-9-5-4-6-10-23/h4-6,9-10,12-17,21-22,26-30H,7-8,11,18-20H2,1-3H3,(H,36,40)(H,37,41)/t21-,22+,26+,27+,28+,29+,30+,34+/m1/s1. The number of fused-ring (bicyclic) bond motifs is 1. The van der Waals surface area contributed by atoms with E-state index in [0.29, 0.717) is 35.6 Å². The van der Waals surface area contributed by atoms with Gasteiger partial charge in [0.2, 0.25) is 17.7 Å². The molecule has 3 heterocycles. The van der Waals surface area contributed by atoms with E-state index in [2.05, 4.69) is 41.5 Å². The fourth-order valence-electron chi connectivity index (χ4n) is 7.57. The van der Waals surface area contributed by atoms with Crippen LogP contribution in [0.1, 0.15) is 38.7 Å². The summed E-state index contributed by atoms with van der Waals surface area (Å²) in [7, 11) is 2.01. The molecule has 8 nitrogen and oxygen atoms in total. The number of halogens is 1. The summed E-state index contributed by atoms with van der Waals surface area (Å²) in [5, 5.41) is 6.84. The molecule has 3 fully saturated rings. The van der Waals surface area contributed by atoms with Gasteiger partial charge in [-0.1, -0.05) is 80.8 Å². The van der Waals surface area contributed by atoms with Crippen LogP contribution in [0.5, 0.6) is 0 Å². The Kier molecular flexibility index (Phi) is 8.37. The lowest BCUT2D eigenvalue weighted by Crippen LogP contribution is -2.58. The molecular weight excluding hydrogens is 564 g/mol. The van der Waals surface area contributed by atoms with E-state index in [1.165, 1.54) is 5.56 Å². The lowest BCUT2D eigenvalue weighted by Gasteiger charge is -2.38. The molecule has 43 heavy (non-hydrogen) atoms. The third-order valence-corrected chi connectivity index (χ3v) is 10.3. The smallest absolute Gasteiger partial charge is 0.246 e. The van der Waals surface area contributed by atoms with Crippen LogP contribution in [-0.2, 0) is 25.7 Å². The zero-order chi connectivity index (χ0) is 30.3. The number of likely N-dealkylation sites (tertiary alicyclic amines) is 1. The van der Waals surface area contributed by atoms with Crippen molar-refractivity contribution in [3.8, 4) is 0 Å². The molecule has 0 unspecified atom stereocenters. The van der Waals surface area contributed by atoms with Crippen molar-refractivity contribution >= 4 is 35.0 Å². The highest BCUT2D eigenvalue weighted by Gasteiger charge is 2.72. The number of likely N-dealkylation sites (N-methyl/N-ethyl adjacent to an activating group) is 1. The number of hydrogen-bond acceptors (Lipinski definition) is 5. The van der Waals surface area contributed by atoms with E-state index in [-0.39, 0.29) is 23.8 Å². The number of anilines is 1. The van der Waals surface area contributed by atoms with Crippen molar-refractivity contribution < 1.29 is 19.1 Å². The summed E-state index contributed by atoms with van der Waals surface area (Å²) in [6, 6.07) is 16.2. The highest BCUT2D eigenvalue weighted by Crippen LogP contribution is 2.55. The van der Waals surface area contributed by atoms with Crippen LogP contribution < -0.4 is 10.6 Å². The second-order valence-electron chi connectivity index (χ2n) is 12.8. The van der Waals surface area contributed by atoms with Crippen molar-refractivity contribution in [1.29, 1.82) is 0 Å². The first-order chi connectivity index (χ1) is 20.7. The largest absolute Gasteiger partial charge is 0.359 e. The average Bonchev–Trinajstić information content (AvgIpc) is 3.63. The number of hydrogen-bond donors (Lipinski definition) is 2. The van der Waals surface area contributed by atoms with Crippen LogP contribution in [-0.4, -0.2) is 71.4 Å². The van der Waals surface area contributed by atoms with Crippen LogP contribution in [0.2, 0.25) is 5.02 Å². The molecule has 2 aromatic carbocycles. The van der Waals surface area contributed by atoms with Gasteiger partial charge in [-0.15, -0.1) is 0 Å². The fourth-order valence-corrected chi connectivity index (χ4v) is 7.69. The number of nitrogens with one attached hydrogen (secondary N) is 2. The minimum atomic E-state index is -1.19. The lowest BCUT2D eigenvalue weighted by atomic mass is 9.73. The minimum absolute atomic E-state index is 0.0380. The molecule has 2 N–H and O–H groups in total. The second-order valence-corrected chi connectivity index (χ2v) is 13.3. The number of benzene rings is 2. The van der Waals surface area contributed by atoms with Crippen LogP contribution in [0.4, 0.5) is 5.69 Å². The molecule has 9 heteroatoms. The molecule has 1 aliphatic carbocycles. The molecule has 228 valence electrons. The zero-order valence-corrected chi connectivity index (χ0v) is 25.8. The van der Waals surface area contributed by atoms with Crippen LogP contribution in [0.3, 0.4) is 0 Å². The van der Waals surface area contributed by atoms with Crippen LogP contribution in [0, 0.1) is 23.7 Å². The molecule has 8 atom stereocenters. The van der Waals surface area contributed by atoms with Crippen molar-refractivity contribution in [1.82, 2.24) is 15.1 Å². The molecule has 3 aliphatic heterocycles. The van der Waals surface area contributed by atoms with Gasteiger partial charge in [0.05, 0.1) is 17.9 Å². The van der Waals surface area contributed by atoms with Gasteiger partial charge < -0.3 is 25.2 Å². The molecule has 0 radical (unpaired) electrons. The monoisotopic (exact) mass is 604 g/mol. The molecular formula is C34H41ClN4O4. The predicted octanol–water partition coefficient (Wildman–Crippen LogP) is 4.50. The van der Waals surface area contributed by atoms with Gasteiger partial charge in [-0.05, 0) is 55.1 Å². The number of ether oxygens (including phenoxy) is 1. The Hall–Kier alpha value is -3.20. The van der Waals surface area contributed by atoms with E-state index < -0.39 is 29.6 Å². The quantitative estimate of drug-likeness (QED) is 0.411. The Morgan fingerprint density at radius 2 is 1.81 bits per heavy atom. The Morgan fingerprint density at radius 1 is 1.07 bits per heavy atom. The van der Waals surface area contributed by atoms with E-state index in [0.717, 1.165) is 25.8 Å². The molecule has 2 bridgehead atoms. The van der Waals surface area contributed by atoms with Gasteiger partial charge in [-0.3, -0.25) is 14.4 Å². The average molecular weight is 605 g/mol. The van der Waals surface area contributed by atoms with E-state index in [1.807, 2.05) is 37.4 Å². The van der Waals surface area contributed by atoms with Crippen molar-refractivity contribution in [2.45, 2.75) is 63.4 Å². The van der Waals surface area contributed by atoms with E-state index in [9.17, 15) is 14.4 Å². The van der Waals surface area contributed by atoms with E-state index >= 15 is 0 Å². The van der Waals surface area contributed by atoms with Crippen LogP contribution in [0.25, 0.3) is 0 Å². The first-order valence-electron chi connectivity index (χ1n) is 15.4. The van der Waals surface area contributed by atoms with Gasteiger partial charge in [0.1, 0.15) is 11.6 Å². The summed E-state index contributed by atoms with van der Waals surface area (Å²) >= 11 is 6.03. The maximum Gasteiger partial charge on any atom is 0.246 e. The summed E-state index contributed by atoms with van der Waals surface area (Å²) in [4.78, 5) is 46.0. The fraction of sp³-hybridized carbons (Fsp3) is 0.500. The Labute approximate surface area is 258 Å². The maximum atomic E-state index is 14.3. The van der Waals surface area contributed by atoms with Crippen molar-refractivity contribution in [3.05, 3.63) is 77.3 Å². The second kappa shape index (κ2) is 12.1. The van der Waals surface area contributed by atoms with Gasteiger partial charge in [-0.25, -0.2) is 0 Å². The number of carbonyl (C=O) groups is 3. The topological polar surface area (TPSA) is 91.0 Å². The molecule has 0 aromatic heterocycles. The molecule has 3 amide bonds. The van der Waals surface area contributed by atoms with E-state index in [4.69, 9.17) is 16.3 Å². The zero-order valence-electron chi connectivity index (χ0n) is 25.0. The normalized spacial score (nSPS) is 32.7. The van der Waals surface area contributed by atoms with Gasteiger partial charge in [0.25, 0.3) is 0 Å². The highest BCUT2D eigenvalue weighted by molar-refractivity contribution is 6.30. The summed E-state index contributed by atoms with van der Waals surface area (Å²) in [6.07, 6.45) is 6.28. The molecule has 1 spiro atoms. The first-order valence-corrected chi connectivity index (χ1v) is 15.8. The van der Waals surface area contributed by atoms with Crippen LogP contribution >= 0.6 is 11.6 Å². The number of carbonyl (C=O) groups excluding carboxylic acids is 3. The van der Waals surface area contributed by atoms with Gasteiger partial charge >= 0.3 is 0 Å². The molecule has 6 rings (SSSR count). The summed E-state index contributed by atoms with van der Waals surface area (Å²) in [6.45, 7) is 6.07. The predicted molar refractivity (Wildman–Crippen MR) is 166 cm³/mol. The third-order valence-electron chi connectivity index (χ3n) is 10.1. The first kappa shape index (κ1) is 29.9. The number of amides is 3. The van der Waals surface area contributed by atoms with Crippen LogP contribution in [0.15, 0.2) is 66.7 Å². The summed E-state index contributed by atoms with van der Waals surface area (Å²) < 4.78 is 6.52. The van der Waals surface area contributed by atoms with Gasteiger partial charge in [0, 0.05) is 36.4 Å². The number of rotatable bonds is 9. The minimum Gasteiger partial charge on any atom is -0.359 e. The SMILES string of the molecule is C[C@H]1[C@H](C)CCC[C@@H]1NC(=O)[C@@H]1N(CCN(C)Cc2ccccc2)C(=O)[C@@H]2[C@@H](C(=O)Nc3ccc(Cl)cc3)[C@@H]3C=C[C@]21O3.